The molecule has 0 fully saturated rings. The summed E-state index contributed by atoms with van der Waals surface area (Å²) in [5.41, 5.74) is 0.267. The van der Waals surface area contributed by atoms with Crippen molar-refractivity contribution in [2.24, 2.45) is 0 Å². The molecule has 0 unspecified atom stereocenters. The van der Waals surface area contributed by atoms with Crippen molar-refractivity contribution in [2.75, 3.05) is 12.4 Å². The van der Waals surface area contributed by atoms with Gasteiger partial charge < -0.3 is 4.74 Å². The lowest BCUT2D eigenvalue weighted by atomic mass is 10.1. The molecule has 140 valence electrons. The van der Waals surface area contributed by atoms with E-state index in [0.717, 1.165) is 16.9 Å². The highest BCUT2D eigenvalue weighted by atomic mass is 32.1. The van der Waals surface area contributed by atoms with E-state index < -0.39 is 17.4 Å². The van der Waals surface area contributed by atoms with Crippen LogP contribution in [0.2, 0.25) is 0 Å². The molecule has 4 aromatic rings. The summed E-state index contributed by atoms with van der Waals surface area (Å²) in [5.74, 6) is -1.26. The fraction of sp³-hybridized carbons (Fsp3) is 0.0556. The first-order valence-electron chi connectivity index (χ1n) is 7.99. The average Bonchev–Trinajstić information content (AvgIpc) is 3.36. The van der Waals surface area contributed by atoms with Crippen LogP contribution in [0.25, 0.3) is 15.4 Å². The Morgan fingerprint density at radius 3 is 2.75 bits per heavy atom. The first kappa shape index (κ1) is 18.0. The van der Waals surface area contributed by atoms with Gasteiger partial charge in [-0.25, -0.2) is 14.8 Å². The number of benzene rings is 1. The van der Waals surface area contributed by atoms with Gasteiger partial charge in [0.1, 0.15) is 5.56 Å². The molecular weight excluding hydrogens is 400 g/mol. The number of thiazole rings is 2. The number of amides is 1. The van der Waals surface area contributed by atoms with Crippen molar-refractivity contribution >= 4 is 44.6 Å². The van der Waals surface area contributed by atoms with Crippen molar-refractivity contribution in [1.82, 2.24) is 14.4 Å². The minimum Gasteiger partial charge on any atom is -0.464 e. The van der Waals surface area contributed by atoms with Crippen molar-refractivity contribution in [3.63, 3.8) is 0 Å². The molecule has 8 nitrogen and oxygen atoms in total. The fourth-order valence-corrected chi connectivity index (χ4v) is 4.17. The van der Waals surface area contributed by atoms with Crippen LogP contribution in [0.1, 0.15) is 20.8 Å². The fourth-order valence-electron chi connectivity index (χ4n) is 2.54. The molecule has 0 bridgehead atoms. The number of ether oxygens (including phenoxy) is 1. The summed E-state index contributed by atoms with van der Waals surface area (Å²) in [6, 6.07) is 9.17. The zero-order valence-electron chi connectivity index (χ0n) is 14.4. The number of fused-ring (bicyclic) bond motifs is 1. The van der Waals surface area contributed by atoms with Crippen LogP contribution >= 0.6 is 22.7 Å². The van der Waals surface area contributed by atoms with Gasteiger partial charge in [0.05, 0.1) is 12.0 Å². The summed E-state index contributed by atoms with van der Waals surface area (Å²) >= 11 is 2.41. The number of hydrogen-bond acceptors (Lipinski definition) is 8. The van der Waals surface area contributed by atoms with Crippen molar-refractivity contribution in [1.29, 1.82) is 0 Å². The van der Waals surface area contributed by atoms with Crippen LogP contribution in [0.3, 0.4) is 0 Å². The summed E-state index contributed by atoms with van der Waals surface area (Å²) in [4.78, 5) is 46.5. The quantitative estimate of drug-likeness (QED) is 0.517. The number of esters is 1. The lowest BCUT2D eigenvalue weighted by Crippen LogP contribution is -2.25. The number of methoxy groups -OCH3 is 1. The third kappa shape index (κ3) is 3.19. The Labute approximate surface area is 166 Å². The highest BCUT2D eigenvalue weighted by Gasteiger charge is 2.22. The number of carbonyl (C=O) groups is 2. The Hall–Kier alpha value is -3.37. The van der Waals surface area contributed by atoms with E-state index in [0.29, 0.717) is 9.84 Å². The summed E-state index contributed by atoms with van der Waals surface area (Å²) in [6.45, 7) is 0. The predicted molar refractivity (Wildman–Crippen MR) is 106 cm³/mol. The third-order valence-electron chi connectivity index (χ3n) is 3.85. The van der Waals surface area contributed by atoms with Crippen LogP contribution in [-0.2, 0) is 4.74 Å². The third-order valence-corrected chi connectivity index (χ3v) is 5.64. The van der Waals surface area contributed by atoms with Gasteiger partial charge in [-0.3, -0.25) is 19.3 Å². The number of nitrogens with zero attached hydrogens (tertiary/aromatic N) is 3. The minimum absolute atomic E-state index is 0.0946. The van der Waals surface area contributed by atoms with Gasteiger partial charge in [-0.05, 0) is 5.56 Å². The maximum atomic E-state index is 12.6. The van der Waals surface area contributed by atoms with Crippen LogP contribution < -0.4 is 10.9 Å². The molecule has 1 N–H and O–H groups in total. The molecule has 28 heavy (non-hydrogen) atoms. The highest BCUT2D eigenvalue weighted by molar-refractivity contribution is 7.19. The van der Waals surface area contributed by atoms with Gasteiger partial charge in [0.15, 0.2) is 15.8 Å². The second-order valence-electron chi connectivity index (χ2n) is 5.54. The van der Waals surface area contributed by atoms with Crippen molar-refractivity contribution in [3.05, 3.63) is 69.7 Å². The number of hydrogen-bond donors (Lipinski definition) is 1. The molecule has 4 rings (SSSR count). The first-order chi connectivity index (χ1) is 13.6. The summed E-state index contributed by atoms with van der Waals surface area (Å²) in [7, 11) is 1.26. The standard InChI is InChI=1S/C18H12N4O4S2/c1-26-16(25)12-13(10-5-3-2-4-6-10)28-17(20-12)21-14(23)11-9-19-18-22(15(11)24)7-8-27-18/h2-9H,1H3,(H,20,21,23). The molecular formula is C18H12N4O4S2. The lowest BCUT2D eigenvalue weighted by Gasteiger charge is -2.01. The number of anilines is 1. The zero-order valence-corrected chi connectivity index (χ0v) is 16.0. The predicted octanol–water partition coefficient (Wildman–Crippen LogP) is 2.92. The molecule has 0 saturated heterocycles. The number of carbonyl (C=O) groups excluding carboxylic acids is 2. The minimum atomic E-state index is -0.650. The molecule has 0 radical (unpaired) electrons. The van der Waals surface area contributed by atoms with Gasteiger partial charge in [0.25, 0.3) is 11.5 Å². The number of nitrogens with one attached hydrogen (secondary N) is 1. The second kappa shape index (κ2) is 7.33. The van der Waals surface area contributed by atoms with E-state index in [2.05, 4.69) is 15.3 Å². The van der Waals surface area contributed by atoms with E-state index >= 15 is 0 Å². The van der Waals surface area contributed by atoms with Crippen molar-refractivity contribution in [3.8, 4) is 10.4 Å². The summed E-state index contributed by atoms with van der Waals surface area (Å²) < 4.78 is 6.09. The Morgan fingerprint density at radius 2 is 2.00 bits per heavy atom. The van der Waals surface area contributed by atoms with E-state index in [1.54, 1.807) is 11.6 Å². The van der Waals surface area contributed by atoms with Gasteiger partial charge in [0, 0.05) is 17.8 Å². The molecule has 3 heterocycles. The van der Waals surface area contributed by atoms with Gasteiger partial charge >= 0.3 is 5.97 Å². The Bertz CT molecular complexity index is 1240. The van der Waals surface area contributed by atoms with Crippen LogP contribution in [0.15, 0.2) is 52.9 Å². The molecule has 10 heteroatoms. The topological polar surface area (TPSA) is 103 Å². The van der Waals surface area contributed by atoms with Crippen LogP contribution in [0.5, 0.6) is 0 Å². The molecule has 3 aromatic heterocycles. The maximum absolute atomic E-state index is 12.6. The van der Waals surface area contributed by atoms with E-state index in [1.165, 1.54) is 29.0 Å². The normalized spacial score (nSPS) is 10.8. The Morgan fingerprint density at radius 1 is 1.21 bits per heavy atom. The molecule has 1 aromatic carbocycles. The molecule has 0 aliphatic heterocycles. The zero-order chi connectivity index (χ0) is 19.7. The molecule has 0 spiro atoms. The Balaban J connectivity index is 1.70. The van der Waals surface area contributed by atoms with Gasteiger partial charge in [-0.1, -0.05) is 41.7 Å². The first-order valence-corrected chi connectivity index (χ1v) is 9.69. The van der Waals surface area contributed by atoms with Crippen LogP contribution in [0, 0.1) is 0 Å². The Kier molecular flexibility index (Phi) is 4.72. The summed E-state index contributed by atoms with van der Waals surface area (Å²) in [5, 5.41) is 4.47. The van der Waals surface area contributed by atoms with Crippen molar-refractivity contribution < 1.29 is 14.3 Å². The van der Waals surface area contributed by atoms with E-state index in [4.69, 9.17) is 4.74 Å². The monoisotopic (exact) mass is 412 g/mol. The molecule has 0 saturated carbocycles. The number of aromatic nitrogens is 3. The van der Waals surface area contributed by atoms with E-state index in [-0.39, 0.29) is 16.4 Å². The van der Waals surface area contributed by atoms with Crippen molar-refractivity contribution in [2.45, 2.75) is 0 Å². The van der Waals surface area contributed by atoms with Gasteiger partial charge in [-0.15, -0.1) is 11.3 Å². The molecule has 1 amide bonds. The van der Waals surface area contributed by atoms with Gasteiger partial charge in [0.2, 0.25) is 0 Å². The van der Waals surface area contributed by atoms with Crippen LogP contribution in [0.4, 0.5) is 5.13 Å². The van der Waals surface area contributed by atoms with Crippen LogP contribution in [-0.4, -0.2) is 33.4 Å². The maximum Gasteiger partial charge on any atom is 0.358 e. The van der Waals surface area contributed by atoms with Gasteiger partial charge in [-0.2, -0.15) is 0 Å². The highest BCUT2D eigenvalue weighted by Crippen LogP contribution is 2.33. The molecule has 0 atom stereocenters. The average molecular weight is 412 g/mol. The number of rotatable bonds is 4. The lowest BCUT2D eigenvalue weighted by molar-refractivity contribution is 0.0595. The second-order valence-corrected chi connectivity index (χ2v) is 7.41. The summed E-state index contributed by atoms with van der Waals surface area (Å²) in [6.07, 6.45) is 2.79. The molecule has 0 aliphatic rings. The smallest absolute Gasteiger partial charge is 0.358 e. The SMILES string of the molecule is COC(=O)c1nc(NC(=O)c2cnc3sccn3c2=O)sc1-c1ccccc1. The molecule has 0 aliphatic carbocycles. The van der Waals surface area contributed by atoms with E-state index in [1.807, 2.05) is 30.3 Å². The van der Waals surface area contributed by atoms with E-state index in [9.17, 15) is 14.4 Å². The largest absolute Gasteiger partial charge is 0.464 e.